The molecule has 0 spiro atoms. The van der Waals surface area contributed by atoms with E-state index in [2.05, 4.69) is 11.4 Å². The number of nitrogens with zero attached hydrogens (tertiary/aromatic N) is 1. The number of ether oxygens (including phenoxy) is 1. The zero-order valence-corrected chi connectivity index (χ0v) is 12.8. The van der Waals surface area contributed by atoms with E-state index < -0.39 is 6.09 Å². The minimum atomic E-state index is -0.406. The number of alkyl carbamates (subject to hydrolysis) is 1. The van der Waals surface area contributed by atoms with Crippen molar-refractivity contribution in [3.63, 3.8) is 0 Å². The van der Waals surface area contributed by atoms with E-state index in [1.165, 1.54) is 0 Å². The number of benzene rings is 2. The Hall–Kier alpha value is -2.80. The van der Waals surface area contributed by atoms with Gasteiger partial charge >= 0.3 is 6.09 Å². The van der Waals surface area contributed by atoms with Crippen molar-refractivity contribution in [3.8, 4) is 6.07 Å². The summed E-state index contributed by atoms with van der Waals surface area (Å²) in [6.07, 6.45) is 2.42. The second-order valence-electron chi connectivity index (χ2n) is 5.68. The lowest BCUT2D eigenvalue weighted by Crippen LogP contribution is -2.31. The van der Waals surface area contributed by atoms with E-state index in [1.54, 1.807) is 6.07 Å². The molecule has 116 valence electrons. The van der Waals surface area contributed by atoms with Gasteiger partial charge in [-0.2, -0.15) is 5.26 Å². The zero-order chi connectivity index (χ0) is 16.1. The van der Waals surface area contributed by atoms with Gasteiger partial charge in [0.25, 0.3) is 0 Å². The molecule has 1 atom stereocenters. The fourth-order valence-electron chi connectivity index (χ4n) is 2.94. The van der Waals surface area contributed by atoms with Crippen molar-refractivity contribution in [1.82, 2.24) is 5.32 Å². The van der Waals surface area contributed by atoms with Gasteiger partial charge in [-0.05, 0) is 48.1 Å². The second kappa shape index (κ2) is 6.97. The monoisotopic (exact) mass is 306 g/mol. The standard InChI is InChI=1S/C19H18N2O2/c20-12-15-9-10-17-16(11-15)7-4-8-18(17)21-19(22)23-13-14-5-2-1-3-6-14/h1-3,5-6,9-11,18H,4,7-8,13H2,(H,21,22). The molecule has 23 heavy (non-hydrogen) atoms. The summed E-state index contributed by atoms with van der Waals surface area (Å²) in [6, 6.07) is 17.4. The minimum Gasteiger partial charge on any atom is -0.445 e. The van der Waals surface area contributed by atoms with Gasteiger partial charge in [0.2, 0.25) is 0 Å². The quantitative estimate of drug-likeness (QED) is 0.936. The molecule has 0 aromatic heterocycles. The average molecular weight is 306 g/mol. The molecule has 4 heteroatoms. The van der Waals surface area contributed by atoms with Gasteiger partial charge in [0.15, 0.2) is 0 Å². The number of carbonyl (C=O) groups is 1. The number of nitrogens with one attached hydrogen (secondary N) is 1. The van der Waals surface area contributed by atoms with Crippen molar-refractivity contribution in [2.24, 2.45) is 0 Å². The van der Waals surface area contributed by atoms with Gasteiger partial charge in [-0.15, -0.1) is 0 Å². The van der Waals surface area contributed by atoms with Crippen LogP contribution in [0.2, 0.25) is 0 Å². The van der Waals surface area contributed by atoms with Crippen LogP contribution in [0.25, 0.3) is 0 Å². The predicted octanol–water partition coefficient (Wildman–Crippen LogP) is 3.86. The van der Waals surface area contributed by atoms with Crippen molar-refractivity contribution in [2.75, 3.05) is 0 Å². The lowest BCUT2D eigenvalue weighted by Gasteiger charge is -2.26. The second-order valence-corrected chi connectivity index (χ2v) is 5.68. The number of amides is 1. The fourth-order valence-corrected chi connectivity index (χ4v) is 2.94. The number of aryl methyl sites for hydroxylation is 1. The molecule has 3 rings (SSSR count). The van der Waals surface area contributed by atoms with Crippen molar-refractivity contribution in [1.29, 1.82) is 5.26 Å². The number of carbonyl (C=O) groups excluding carboxylic acids is 1. The first-order chi connectivity index (χ1) is 11.3. The van der Waals surface area contributed by atoms with E-state index >= 15 is 0 Å². The molecule has 2 aromatic carbocycles. The summed E-state index contributed by atoms with van der Waals surface area (Å²) < 4.78 is 5.29. The normalized spacial score (nSPS) is 16.0. The summed E-state index contributed by atoms with van der Waals surface area (Å²) in [4.78, 5) is 12.0. The minimum absolute atomic E-state index is 0.0465. The van der Waals surface area contributed by atoms with Crippen LogP contribution in [0, 0.1) is 11.3 Å². The van der Waals surface area contributed by atoms with Crippen LogP contribution in [0.1, 0.15) is 41.1 Å². The molecule has 2 aromatic rings. The van der Waals surface area contributed by atoms with Crippen LogP contribution in [-0.4, -0.2) is 6.09 Å². The first-order valence-corrected chi connectivity index (χ1v) is 7.76. The Morgan fingerprint density at radius 2 is 2.09 bits per heavy atom. The van der Waals surface area contributed by atoms with Crippen molar-refractivity contribution < 1.29 is 9.53 Å². The SMILES string of the molecule is N#Cc1ccc2c(c1)CCCC2NC(=O)OCc1ccccc1. The molecule has 1 unspecified atom stereocenters. The van der Waals surface area contributed by atoms with Gasteiger partial charge in [0.05, 0.1) is 17.7 Å². The first kappa shape index (κ1) is 15.1. The number of hydrogen-bond donors (Lipinski definition) is 1. The molecule has 0 aliphatic heterocycles. The molecule has 4 nitrogen and oxygen atoms in total. The molecule has 1 amide bonds. The maximum absolute atomic E-state index is 12.0. The fraction of sp³-hybridized carbons (Fsp3) is 0.263. The van der Waals surface area contributed by atoms with Gasteiger partial charge in [-0.25, -0.2) is 4.79 Å². The van der Waals surface area contributed by atoms with Gasteiger partial charge in [-0.3, -0.25) is 0 Å². The van der Waals surface area contributed by atoms with E-state index in [4.69, 9.17) is 10.00 Å². The summed E-state index contributed by atoms with van der Waals surface area (Å²) in [5.74, 6) is 0. The van der Waals surface area contributed by atoms with Crippen LogP contribution < -0.4 is 5.32 Å². The molecule has 0 bridgehead atoms. The summed E-state index contributed by atoms with van der Waals surface area (Å²) in [6.45, 7) is 0.264. The van der Waals surface area contributed by atoms with Crippen molar-refractivity contribution in [2.45, 2.75) is 31.9 Å². The maximum atomic E-state index is 12.0. The molecule has 1 N–H and O–H groups in total. The number of nitriles is 1. The Balaban J connectivity index is 1.63. The van der Waals surface area contributed by atoms with E-state index in [0.29, 0.717) is 5.56 Å². The van der Waals surface area contributed by atoms with Gasteiger partial charge < -0.3 is 10.1 Å². The van der Waals surface area contributed by atoms with E-state index in [0.717, 1.165) is 36.0 Å². The van der Waals surface area contributed by atoms with Gasteiger partial charge in [0.1, 0.15) is 6.61 Å². The highest BCUT2D eigenvalue weighted by Crippen LogP contribution is 2.30. The summed E-state index contributed by atoms with van der Waals surface area (Å²) in [5, 5.41) is 11.9. The predicted molar refractivity (Wildman–Crippen MR) is 86.6 cm³/mol. The Labute approximate surface area is 135 Å². The van der Waals surface area contributed by atoms with Crippen LogP contribution >= 0.6 is 0 Å². The Morgan fingerprint density at radius 3 is 2.87 bits per heavy atom. The van der Waals surface area contributed by atoms with Gasteiger partial charge in [-0.1, -0.05) is 36.4 Å². The lowest BCUT2D eigenvalue weighted by molar-refractivity contribution is 0.134. The van der Waals surface area contributed by atoms with E-state index in [-0.39, 0.29) is 12.6 Å². The van der Waals surface area contributed by atoms with Crippen LogP contribution in [0.4, 0.5) is 4.79 Å². The average Bonchev–Trinajstić information content (AvgIpc) is 2.60. The molecule has 0 heterocycles. The third-order valence-electron chi connectivity index (χ3n) is 4.09. The lowest BCUT2D eigenvalue weighted by atomic mass is 9.87. The number of hydrogen-bond acceptors (Lipinski definition) is 3. The molecular formula is C19H18N2O2. The molecule has 1 aliphatic rings. The van der Waals surface area contributed by atoms with E-state index in [9.17, 15) is 4.79 Å². The Bertz CT molecular complexity index is 735. The third-order valence-corrected chi connectivity index (χ3v) is 4.09. The highest BCUT2D eigenvalue weighted by molar-refractivity contribution is 5.68. The topological polar surface area (TPSA) is 62.1 Å². The zero-order valence-electron chi connectivity index (χ0n) is 12.8. The molecule has 0 fully saturated rings. The summed E-state index contributed by atoms with van der Waals surface area (Å²) in [5.41, 5.74) is 3.86. The Morgan fingerprint density at radius 1 is 1.26 bits per heavy atom. The maximum Gasteiger partial charge on any atom is 0.407 e. The van der Waals surface area contributed by atoms with Crippen molar-refractivity contribution >= 4 is 6.09 Å². The first-order valence-electron chi connectivity index (χ1n) is 7.76. The largest absolute Gasteiger partial charge is 0.445 e. The molecule has 0 saturated carbocycles. The van der Waals surface area contributed by atoms with Crippen LogP contribution in [0.15, 0.2) is 48.5 Å². The van der Waals surface area contributed by atoms with Crippen molar-refractivity contribution in [3.05, 3.63) is 70.8 Å². The molecule has 0 radical (unpaired) electrons. The molecule has 0 saturated heterocycles. The third kappa shape index (κ3) is 3.70. The van der Waals surface area contributed by atoms with E-state index in [1.807, 2.05) is 42.5 Å². The smallest absolute Gasteiger partial charge is 0.407 e. The summed E-state index contributed by atoms with van der Waals surface area (Å²) >= 11 is 0. The Kier molecular flexibility index (Phi) is 4.58. The molecular weight excluding hydrogens is 288 g/mol. The summed E-state index contributed by atoms with van der Waals surface area (Å²) in [7, 11) is 0. The van der Waals surface area contributed by atoms with Gasteiger partial charge in [0, 0.05) is 0 Å². The van der Waals surface area contributed by atoms with Crippen LogP contribution in [0.5, 0.6) is 0 Å². The number of fused-ring (bicyclic) bond motifs is 1. The highest BCUT2D eigenvalue weighted by Gasteiger charge is 2.22. The van der Waals surface area contributed by atoms with Crippen LogP contribution in [0.3, 0.4) is 0 Å². The highest BCUT2D eigenvalue weighted by atomic mass is 16.5. The number of rotatable bonds is 3. The molecule has 1 aliphatic carbocycles. The van der Waals surface area contributed by atoms with Crippen LogP contribution in [-0.2, 0) is 17.8 Å².